The summed E-state index contributed by atoms with van der Waals surface area (Å²) in [5.41, 5.74) is 2.45. The molecule has 0 radical (unpaired) electrons. The average Bonchev–Trinajstić information content (AvgIpc) is 2.77. The molecule has 0 aliphatic carbocycles. The van der Waals surface area contributed by atoms with Gasteiger partial charge in [0.25, 0.3) is 0 Å². The predicted molar refractivity (Wildman–Crippen MR) is 119 cm³/mol. The van der Waals surface area contributed by atoms with E-state index in [2.05, 4.69) is 29.7 Å². The summed E-state index contributed by atoms with van der Waals surface area (Å²) in [6.45, 7) is 5.83. The maximum Gasteiger partial charge on any atom is 0.191 e. The van der Waals surface area contributed by atoms with Crippen LogP contribution in [0.15, 0.2) is 53.5 Å². The summed E-state index contributed by atoms with van der Waals surface area (Å²) in [6.07, 6.45) is 1.95. The normalized spacial score (nSPS) is 16.3. The van der Waals surface area contributed by atoms with Crippen LogP contribution in [-0.4, -0.2) is 39.4 Å². The lowest BCUT2D eigenvalue weighted by Crippen LogP contribution is -2.48. The first-order valence-electron chi connectivity index (χ1n) is 10.1. The van der Waals surface area contributed by atoms with Crippen molar-refractivity contribution in [3.63, 3.8) is 0 Å². The maximum atomic E-state index is 5.97. The third kappa shape index (κ3) is 5.87. The lowest BCUT2D eigenvalue weighted by molar-refractivity contribution is 0.0513. The standard InChI is InChI=1S/C23H30ClN3O2/c1-3-25-22(26-16-18-4-8-20(24)9-5-18)27-17-23(12-14-29-15-13-23)19-6-10-21(28-2)11-7-19/h4-11H,3,12-17H2,1-2H3,(H2,25,26,27). The van der Waals surface area contributed by atoms with Crippen LogP contribution in [0.5, 0.6) is 5.75 Å². The molecular formula is C23H30ClN3O2. The summed E-state index contributed by atoms with van der Waals surface area (Å²) >= 11 is 5.97. The number of halogens is 1. The molecule has 0 aromatic heterocycles. The second kappa shape index (κ2) is 10.5. The summed E-state index contributed by atoms with van der Waals surface area (Å²) in [4.78, 5) is 4.75. The van der Waals surface area contributed by atoms with Crippen LogP contribution in [0, 0.1) is 0 Å². The minimum absolute atomic E-state index is 0.0149. The van der Waals surface area contributed by atoms with E-state index in [4.69, 9.17) is 26.1 Å². The smallest absolute Gasteiger partial charge is 0.191 e. The van der Waals surface area contributed by atoms with Gasteiger partial charge in [0.15, 0.2) is 5.96 Å². The van der Waals surface area contributed by atoms with Crippen LogP contribution in [0.3, 0.4) is 0 Å². The van der Waals surface area contributed by atoms with Gasteiger partial charge in [0, 0.05) is 36.7 Å². The monoisotopic (exact) mass is 415 g/mol. The van der Waals surface area contributed by atoms with E-state index in [-0.39, 0.29) is 5.41 Å². The number of hydrogen-bond donors (Lipinski definition) is 2. The molecule has 29 heavy (non-hydrogen) atoms. The molecule has 1 aliphatic heterocycles. The molecule has 2 aromatic carbocycles. The van der Waals surface area contributed by atoms with Crippen molar-refractivity contribution in [2.45, 2.75) is 31.7 Å². The number of aliphatic imine (C=N–C) groups is 1. The van der Waals surface area contributed by atoms with Gasteiger partial charge < -0.3 is 20.1 Å². The van der Waals surface area contributed by atoms with Gasteiger partial charge in [-0.1, -0.05) is 35.9 Å². The van der Waals surface area contributed by atoms with Crippen molar-refractivity contribution in [2.24, 2.45) is 4.99 Å². The molecule has 0 unspecified atom stereocenters. The van der Waals surface area contributed by atoms with E-state index in [1.807, 2.05) is 36.4 Å². The van der Waals surface area contributed by atoms with Crippen LogP contribution < -0.4 is 15.4 Å². The number of rotatable bonds is 7. The van der Waals surface area contributed by atoms with Gasteiger partial charge in [-0.2, -0.15) is 0 Å². The average molecular weight is 416 g/mol. The molecule has 2 N–H and O–H groups in total. The van der Waals surface area contributed by atoms with Crippen molar-refractivity contribution in [3.8, 4) is 5.75 Å². The minimum Gasteiger partial charge on any atom is -0.497 e. The molecule has 5 nitrogen and oxygen atoms in total. The van der Waals surface area contributed by atoms with Crippen LogP contribution in [0.2, 0.25) is 5.02 Å². The van der Waals surface area contributed by atoms with E-state index in [0.717, 1.165) is 61.4 Å². The quantitative estimate of drug-likeness (QED) is 0.526. The van der Waals surface area contributed by atoms with Gasteiger partial charge in [-0.3, -0.25) is 0 Å². The molecule has 0 saturated carbocycles. The molecule has 6 heteroatoms. The van der Waals surface area contributed by atoms with Crippen LogP contribution in [0.1, 0.15) is 30.9 Å². The van der Waals surface area contributed by atoms with Crippen molar-refractivity contribution in [3.05, 3.63) is 64.7 Å². The zero-order chi connectivity index (χ0) is 20.5. The first-order chi connectivity index (χ1) is 14.1. The van der Waals surface area contributed by atoms with Crippen molar-refractivity contribution in [1.29, 1.82) is 0 Å². The third-order valence-corrected chi connectivity index (χ3v) is 5.68. The Morgan fingerprint density at radius 2 is 1.76 bits per heavy atom. The van der Waals surface area contributed by atoms with E-state index in [1.54, 1.807) is 7.11 Å². The summed E-state index contributed by atoms with van der Waals surface area (Å²) in [6, 6.07) is 16.2. The molecule has 0 bridgehead atoms. The fourth-order valence-electron chi connectivity index (χ4n) is 3.63. The van der Waals surface area contributed by atoms with Gasteiger partial charge in [-0.15, -0.1) is 0 Å². The number of guanidine groups is 1. The molecular weight excluding hydrogens is 386 g/mol. The second-order valence-electron chi connectivity index (χ2n) is 7.30. The molecule has 1 heterocycles. The van der Waals surface area contributed by atoms with Gasteiger partial charge in [0.05, 0.1) is 13.7 Å². The Kier molecular flexibility index (Phi) is 7.78. The fourth-order valence-corrected chi connectivity index (χ4v) is 3.76. The van der Waals surface area contributed by atoms with Crippen LogP contribution in [0.25, 0.3) is 0 Å². The van der Waals surface area contributed by atoms with Crippen molar-refractivity contribution >= 4 is 17.6 Å². The number of nitrogens with zero attached hydrogens (tertiary/aromatic N) is 1. The zero-order valence-corrected chi connectivity index (χ0v) is 18.0. The van der Waals surface area contributed by atoms with Gasteiger partial charge in [-0.25, -0.2) is 4.99 Å². The topological polar surface area (TPSA) is 54.9 Å². The first kappa shape index (κ1) is 21.5. The Hall–Kier alpha value is -2.24. The fraction of sp³-hybridized carbons (Fsp3) is 0.435. The number of benzene rings is 2. The van der Waals surface area contributed by atoms with Gasteiger partial charge in [0.1, 0.15) is 5.75 Å². The Bertz CT molecular complexity index is 785. The largest absolute Gasteiger partial charge is 0.497 e. The number of nitrogens with one attached hydrogen (secondary N) is 2. The molecule has 0 atom stereocenters. The summed E-state index contributed by atoms with van der Waals surface area (Å²) in [5, 5.41) is 7.66. The second-order valence-corrected chi connectivity index (χ2v) is 7.73. The van der Waals surface area contributed by atoms with Gasteiger partial charge >= 0.3 is 0 Å². The van der Waals surface area contributed by atoms with Crippen LogP contribution in [-0.2, 0) is 16.7 Å². The van der Waals surface area contributed by atoms with Gasteiger partial charge in [0.2, 0.25) is 0 Å². The Balaban J connectivity index is 1.73. The number of methoxy groups -OCH3 is 1. The lowest BCUT2D eigenvalue weighted by atomic mass is 9.74. The Morgan fingerprint density at radius 3 is 2.38 bits per heavy atom. The molecule has 0 amide bonds. The first-order valence-corrected chi connectivity index (χ1v) is 10.5. The van der Waals surface area contributed by atoms with Crippen LogP contribution in [0.4, 0.5) is 0 Å². The third-order valence-electron chi connectivity index (χ3n) is 5.42. The Labute approximate surface area is 178 Å². The number of hydrogen-bond acceptors (Lipinski definition) is 3. The molecule has 2 aromatic rings. The molecule has 0 spiro atoms. The van der Waals surface area contributed by atoms with Crippen molar-refractivity contribution in [2.75, 3.05) is 33.4 Å². The highest BCUT2D eigenvalue weighted by Crippen LogP contribution is 2.35. The predicted octanol–water partition coefficient (Wildman–Crippen LogP) is 4.15. The summed E-state index contributed by atoms with van der Waals surface area (Å²) in [5.74, 6) is 1.70. The van der Waals surface area contributed by atoms with E-state index in [1.165, 1.54) is 5.56 Å². The SMILES string of the molecule is CCNC(=NCc1ccc(Cl)cc1)NCC1(c2ccc(OC)cc2)CCOCC1. The molecule has 1 aliphatic rings. The van der Waals surface area contributed by atoms with Crippen molar-refractivity contribution in [1.82, 2.24) is 10.6 Å². The van der Waals surface area contributed by atoms with E-state index >= 15 is 0 Å². The molecule has 3 rings (SSSR count). The molecule has 1 fully saturated rings. The molecule has 156 valence electrons. The highest BCUT2D eigenvalue weighted by Gasteiger charge is 2.34. The maximum absolute atomic E-state index is 5.97. The zero-order valence-electron chi connectivity index (χ0n) is 17.2. The number of ether oxygens (including phenoxy) is 2. The summed E-state index contributed by atoms with van der Waals surface area (Å²) in [7, 11) is 1.70. The van der Waals surface area contributed by atoms with Crippen LogP contribution >= 0.6 is 11.6 Å². The van der Waals surface area contributed by atoms with Crippen molar-refractivity contribution < 1.29 is 9.47 Å². The van der Waals surface area contributed by atoms with E-state index < -0.39 is 0 Å². The van der Waals surface area contributed by atoms with Gasteiger partial charge in [-0.05, 0) is 55.2 Å². The Morgan fingerprint density at radius 1 is 1.07 bits per heavy atom. The minimum atomic E-state index is 0.0149. The van der Waals surface area contributed by atoms with E-state index in [0.29, 0.717) is 6.54 Å². The highest BCUT2D eigenvalue weighted by atomic mass is 35.5. The highest BCUT2D eigenvalue weighted by molar-refractivity contribution is 6.30. The lowest BCUT2D eigenvalue weighted by Gasteiger charge is -2.38. The molecule has 1 saturated heterocycles. The van der Waals surface area contributed by atoms with E-state index in [9.17, 15) is 0 Å². The summed E-state index contributed by atoms with van der Waals surface area (Å²) < 4.78 is 11.0.